The Kier molecular flexibility index (Phi) is 1.86. The van der Waals surface area contributed by atoms with Gasteiger partial charge in [0.1, 0.15) is 13.2 Å². The Hall–Kier alpha value is -0.995. The summed E-state index contributed by atoms with van der Waals surface area (Å²) in [5.74, 6) is -2.65. The number of carboxylic acids is 2. The second-order valence-corrected chi connectivity index (χ2v) is 2.24. The van der Waals surface area contributed by atoms with Crippen LogP contribution in [0.4, 0.5) is 0 Å². The summed E-state index contributed by atoms with van der Waals surface area (Å²) in [7, 11) is 1.14. The number of aliphatic carboxylic acids is 2. The Morgan fingerprint density at radius 3 is 1.56 bits per heavy atom. The number of carbonyl (C=O) groups is 2. The molecule has 0 rings (SSSR count). The third kappa shape index (κ3) is 1.45. The fraction of sp³-hybridized carbons (Fsp3) is 0.500. The lowest BCUT2D eigenvalue weighted by Gasteiger charge is -2.11. The molecule has 2 N–H and O–H groups in total. The van der Waals surface area contributed by atoms with Crippen LogP contribution in [0.1, 0.15) is 6.92 Å². The second kappa shape index (κ2) is 2.09. The van der Waals surface area contributed by atoms with Crippen molar-refractivity contribution in [3.63, 3.8) is 0 Å². The van der Waals surface area contributed by atoms with E-state index in [1.807, 2.05) is 0 Å². The summed E-state index contributed by atoms with van der Waals surface area (Å²) in [6.07, 6.45) is 0. The first kappa shape index (κ1) is 8.00. The molecule has 0 aromatic heterocycles. The van der Waals surface area contributed by atoms with Crippen LogP contribution in [0.25, 0.3) is 0 Å². The molecule has 0 radical (unpaired) electrons. The second-order valence-electron chi connectivity index (χ2n) is 2.24. The molecule has 0 aromatic rings. The smallest absolute Gasteiger partial charge is 0.312 e. The SMILES string of the molecule is BC(C)(C(=O)O)C(=O)O. The summed E-state index contributed by atoms with van der Waals surface area (Å²) < 4.78 is 0. The normalized spacial score (nSPS) is 10.8. The van der Waals surface area contributed by atoms with Crippen molar-refractivity contribution in [3.8, 4) is 0 Å². The minimum atomic E-state index is -1.67. The standard InChI is InChI=1S/C4H7BO4/c1-4(5,2(6)7)3(8)9/h5H2,1H3,(H,6,7)(H,8,9). The average molecular weight is 130 g/mol. The maximum atomic E-state index is 10.1. The van der Waals surface area contributed by atoms with Gasteiger partial charge >= 0.3 is 11.9 Å². The maximum Gasteiger partial charge on any atom is 0.312 e. The zero-order valence-corrected chi connectivity index (χ0v) is 5.21. The third-order valence-electron chi connectivity index (χ3n) is 1.07. The molecule has 0 aliphatic heterocycles. The van der Waals surface area contributed by atoms with Crippen LogP contribution >= 0.6 is 0 Å². The van der Waals surface area contributed by atoms with Gasteiger partial charge < -0.3 is 10.2 Å². The van der Waals surface area contributed by atoms with Crippen LogP contribution in [0.5, 0.6) is 0 Å². The molecular weight excluding hydrogens is 123 g/mol. The van der Waals surface area contributed by atoms with Crippen molar-refractivity contribution in [2.75, 3.05) is 0 Å². The van der Waals surface area contributed by atoms with Crippen molar-refractivity contribution in [1.82, 2.24) is 0 Å². The summed E-state index contributed by atoms with van der Waals surface area (Å²) in [5.41, 5.74) is 0. The van der Waals surface area contributed by atoms with Gasteiger partial charge in [0.05, 0.1) is 0 Å². The average Bonchev–Trinajstić information content (AvgIpc) is 1.65. The third-order valence-corrected chi connectivity index (χ3v) is 1.07. The monoisotopic (exact) mass is 130 g/mol. The van der Waals surface area contributed by atoms with Crippen LogP contribution in [0, 0.1) is 0 Å². The summed E-state index contributed by atoms with van der Waals surface area (Å²) >= 11 is 0. The summed E-state index contributed by atoms with van der Waals surface area (Å²) in [5, 5.41) is 14.8. The Labute approximate surface area is 52.9 Å². The van der Waals surface area contributed by atoms with Crippen molar-refractivity contribution in [2.24, 2.45) is 0 Å². The molecule has 0 saturated carbocycles. The van der Waals surface area contributed by atoms with Crippen molar-refractivity contribution in [2.45, 2.75) is 12.2 Å². The van der Waals surface area contributed by atoms with E-state index in [0.717, 1.165) is 14.8 Å². The predicted molar refractivity (Wildman–Crippen MR) is 32.2 cm³/mol. The zero-order chi connectivity index (χ0) is 7.65. The van der Waals surface area contributed by atoms with Crippen molar-refractivity contribution < 1.29 is 19.8 Å². The van der Waals surface area contributed by atoms with E-state index >= 15 is 0 Å². The fourth-order valence-electron chi connectivity index (χ4n) is 0.0915. The van der Waals surface area contributed by atoms with Gasteiger partial charge in [-0.25, -0.2) is 0 Å². The molecule has 0 saturated heterocycles. The van der Waals surface area contributed by atoms with Gasteiger partial charge in [0.15, 0.2) is 0 Å². The Morgan fingerprint density at radius 1 is 1.33 bits per heavy atom. The lowest BCUT2D eigenvalue weighted by molar-refractivity contribution is -0.152. The molecule has 0 aliphatic rings. The first-order valence-electron chi connectivity index (χ1n) is 2.36. The van der Waals surface area contributed by atoms with Gasteiger partial charge in [0.25, 0.3) is 0 Å². The van der Waals surface area contributed by atoms with E-state index < -0.39 is 17.3 Å². The van der Waals surface area contributed by atoms with E-state index in [9.17, 15) is 9.59 Å². The number of rotatable bonds is 2. The highest BCUT2D eigenvalue weighted by Crippen LogP contribution is 2.19. The molecule has 50 valence electrons. The Bertz CT molecular complexity index is 135. The van der Waals surface area contributed by atoms with E-state index in [1.165, 1.54) is 0 Å². The molecule has 0 atom stereocenters. The molecule has 0 aliphatic carbocycles. The number of hydrogen-bond donors (Lipinski definition) is 2. The van der Waals surface area contributed by atoms with Crippen molar-refractivity contribution in [1.29, 1.82) is 0 Å². The molecule has 5 heteroatoms. The minimum Gasteiger partial charge on any atom is -0.481 e. The quantitative estimate of drug-likeness (QED) is 0.370. The van der Waals surface area contributed by atoms with Crippen molar-refractivity contribution >= 4 is 19.8 Å². The Balaban J connectivity index is 4.38. The number of hydrogen-bond acceptors (Lipinski definition) is 2. The highest BCUT2D eigenvalue weighted by atomic mass is 16.4. The van der Waals surface area contributed by atoms with E-state index in [1.54, 1.807) is 0 Å². The molecule has 0 amide bonds. The van der Waals surface area contributed by atoms with Gasteiger partial charge in [0, 0.05) is 0 Å². The summed E-state index contributed by atoms with van der Waals surface area (Å²) in [6.45, 7) is 1.14. The van der Waals surface area contributed by atoms with Crippen LogP contribution < -0.4 is 0 Å². The first-order valence-corrected chi connectivity index (χ1v) is 2.36. The molecule has 0 fully saturated rings. The van der Waals surface area contributed by atoms with Gasteiger partial charge in [-0.15, -0.1) is 0 Å². The van der Waals surface area contributed by atoms with Crippen LogP contribution in [0.3, 0.4) is 0 Å². The largest absolute Gasteiger partial charge is 0.481 e. The predicted octanol–water partition coefficient (Wildman–Crippen LogP) is -1.03. The van der Waals surface area contributed by atoms with Gasteiger partial charge in [-0.3, -0.25) is 9.59 Å². The van der Waals surface area contributed by atoms with Gasteiger partial charge in [-0.2, -0.15) is 0 Å². The summed E-state index contributed by atoms with van der Waals surface area (Å²) in [6, 6.07) is 0. The molecule has 0 unspecified atom stereocenters. The summed E-state index contributed by atoms with van der Waals surface area (Å²) in [4.78, 5) is 20.2. The van der Waals surface area contributed by atoms with Crippen LogP contribution in [-0.2, 0) is 9.59 Å². The van der Waals surface area contributed by atoms with E-state index in [0.29, 0.717) is 0 Å². The molecule has 0 aromatic carbocycles. The van der Waals surface area contributed by atoms with Gasteiger partial charge in [-0.1, -0.05) is 0 Å². The topological polar surface area (TPSA) is 74.6 Å². The molecular formula is C4H7BO4. The van der Waals surface area contributed by atoms with Crippen LogP contribution in [0.2, 0.25) is 5.31 Å². The minimum absolute atomic E-state index is 1.14. The molecule has 0 bridgehead atoms. The van der Waals surface area contributed by atoms with Gasteiger partial charge in [0.2, 0.25) is 0 Å². The molecule has 0 heterocycles. The molecule has 0 spiro atoms. The zero-order valence-electron chi connectivity index (χ0n) is 5.21. The molecule has 9 heavy (non-hydrogen) atoms. The fourth-order valence-corrected chi connectivity index (χ4v) is 0.0915. The lowest BCUT2D eigenvalue weighted by atomic mass is 9.71. The van der Waals surface area contributed by atoms with E-state index in [4.69, 9.17) is 10.2 Å². The maximum absolute atomic E-state index is 10.1. The highest BCUT2D eigenvalue weighted by molar-refractivity contribution is 6.38. The lowest BCUT2D eigenvalue weighted by Crippen LogP contribution is -2.29. The van der Waals surface area contributed by atoms with Gasteiger partial charge in [-0.05, 0) is 6.92 Å². The highest BCUT2D eigenvalue weighted by Gasteiger charge is 2.35. The van der Waals surface area contributed by atoms with Crippen LogP contribution in [-0.4, -0.2) is 30.0 Å². The van der Waals surface area contributed by atoms with Crippen molar-refractivity contribution in [3.05, 3.63) is 0 Å². The Morgan fingerprint density at radius 2 is 1.56 bits per heavy atom. The first-order chi connectivity index (χ1) is 3.89. The van der Waals surface area contributed by atoms with E-state index in [2.05, 4.69) is 0 Å². The molecule has 4 nitrogen and oxygen atoms in total. The van der Waals surface area contributed by atoms with E-state index in [-0.39, 0.29) is 0 Å². The van der Waals surface area contributed by atoms with Crippen LogP contribution in [0.15, 0.2) is 0 Å². The number of carboxylic acid groups (broad SMARTS) is 2.